The van der Waals surface area contributed by atoms with E-state index in [4.69, 9.17) is 26.4 Å². The van der Waals surface area contributed by atoms with Crippen LogP contribution in [0, 0.1) is 6.92 Å². The average molecular weight is 403 g/mol. The van der Waals surface area contributed by atoms with Gasteiger partial charge in [0.15, 0.2) is 16.6 Å². The van der Waals surface area contributed by atoms with E-state index >= 15 is 0 Å². The van der Waals surface area contributed by atoms with Gasteiger partial charge < -0.3 is 24.8 Å². The van der Waals surface area contributed by atoms with Crippen molar-refractivity contribution in [2.24, 2.45) is 0 Å². The quantitative estimate of drug-likeness (QED) is 0.530. The minimum Gasteiger partial charge on any atom is -0.493 e. The number of nitrogens with one attached hydrogen (secondary N) is 2. The standard InChI is InChI=1S/C21H26N2O4S/c1-6-16(14-9-10-18(25-3)19(12-14)26-4)22-21(28)23-17-11-15(20(24)27-5)8-7-13(17)2/h7-12,16H,6H2,1-5H3,(H2,22,23,28). The molecule has 1 atom stereocenters. The second-order valence-electron chi connectivity index (χ2n) is 6.19. The number of thiocarbonyl (C=S) groups is 1. The summed E-state index contributed by atoms with van der Waals surface area (Å²) in [5.41, 5.74) is 3.22. The molecule has 0 heterocycles. The summed E-state index contributed by atoms with van der Waals surface area (Å²) in [6.45, 7) is 4.01. The Labute approximate surface area is 171 Å². The fourth-order valence-electron chi connectivity index (χ4n) is 2.81. The van der Waals surface area contributed by atoms with Crippen LogP contribution in [0.3, 0.4) is 0 Å². The van der Waals surface area contributed by atoms with Crippen LogP contribution in [0.4, 0.5) is 5.69 Å². The Balaban J connectivity index is 2.16. The molecule has 0 saturated heterocycles. The van der Waals surface area contributed by atoms with Crippen LogP contribution in [0.25, 0.3) is 0 Å². The Morgan fingerprint density at radius 1 is 1.07 bits per heavy atom. The Bertz CT molecular complexity index is 854. The van der Waals surface area contributed by atoms with Crippen LogP contribution in [0.15, 0.2) is 36.4 Å². The molecule has 2 aromatic rings. The lowest BCUT2D eigenvalue weighted by molar-refractivity contribution is 0.0601. The Hall–Kier alpha value is -2.80. The molecule has 6 nitrogen and oxygen atoms in total. The van der Waals surface area contributed by atoms with E-state index in [1.807, 2.05) is 31.2 Å². The number of hydrogen-bond donors (Lipinski definition) is 2. The second kappa shape index (κ2) is 9.94. The van der Waals surface area contributed by atoms with Crippen molar-refractivity contribution in [2.75, 3.05) is 26.6 Å². The Morgan fingerprint density at radius 2 is 1.79 bits per heavy atom. The van der Waals surface area contributed by atoms with Crippen LogP contribution in [-0.4, -0.2) is 32.4 Å². The van der Waals surface area contributed by atoms with E-state index in [2.05, 4.69) is 17.6 Å². The van der Waals surface area contributed by atoms with Gasteiger partial charge in [-0.25, -0.2) is 4.79 Å². The molecule has 0 aliphatic heterocycles. The van der Waals surface area contributed by atoms with Gasteiger partial charge >= 0.3 is 5.97 Å². The number of aryl methyl sites for hydroxylation is 1. The van der Waals surface area contributed by atoms with Crippen molar-refractivity contribution < 1.29 is 19.0 Å². The second-order valence-corrected chi connectivity index (χ2v) is 6.60. The zero-order valence-electron chi connectivity index (χ0n) is 16.8. The van der Waals surface area contributed by atoms with Gasteiger partial charge in [0.05, 0.1) is 32.9 Å². The molecule has 2 aromatic carbocycles. The molecule has 7 heteroatoms. The molecule has 0 aliphatic carbocycles. The van der Waals surface area contributed by atoms with E-state index in [0.717, 1.165) is 23.2 Å². The summed E-state index contributed by atoms with van der Waals surface area (Å²) in [7, 11) is 4.58. The summed E-state index contributed by atoms with van der Waals surface area (Å²) >= 11 is 5.49. The molecule has 0 saturated carbocycles. The highest BCUT2D eigenvalue weighted by Crippen LogP contribution is 2.31. The molecule has 0 amide bonds. The fourth-order valence-corrected chi connectivity index (χ4v) is 3.06. The number of anilines is 1. The number of benzene rings is 2. The van der Waals surface area contributed by atoms with Crippen molar-refractivity contribution in [1.82, 2.24) is 5.32 Å². The lowest BCUT2D eigenvalue weighted by Crippen LogP contribution is -2.32. The van der Waals surface area contributed by atoms with E-state index in [-0.39, 0.29) is 6.04 Å². The van der Waals surface area contributed by atoms with Crippen LogP contribution in [0.1, 0.15) is 40.9 Å². The molecule has 2 N–H and O–H groups in total. The van der Waals surface area contributed by atoms with Gasteiger partial charge in [-0.2, -0.15) is 0 Å². The summed E-state index contributed by atoms with van der Waals surface area (Å²) in [5.74, 6) is 0.955. The number of hydrogen-bond acceptors (Lipinski definition) is 5. The SMILES string of the molecule is CCC(NC(=S)Nc1cc(C(=O)OC)ccc1C)c1ccc(OC)c(OC)c1. The van der Waals surface area contributed by atoms with Gasteiger partial charge in [-0.1, -0.05) is 19.1 Å². The lowest BCUT2D eigenvalue weighted by atomic mass is 10.0. The molecule has 28 heavy (non-hydrogen) atoms. The predicted octanol–water partition coefficient (Wildman–Crippen LogP) is 4.24. The first-order valence-corrected chi connectivity index (χ1v) is 9.32. The predicted molar refractivity (Wildman–Crippen MR) is 114 cm³/mol. The van der Waals surface area contributed by atoms with Crippen molar-refractivity contribution in [3.63, 3.8) is 0 Å². The van der Waals surface area contributed by atoms with E-state index in [0.29, 0.717) is 22.2 Å². The molecular formula is C21H26N2O4S. The van der Waals surface area contributed by atoms with Crippen molar-refractivity contribution in [3.8, 4) is 11.5 Å². The Kier molecular flexibility index (Phi) is 7.63. The molecule has 0 aromatic heterocycles. The van der Waals surface area contributed by atoms with E-state index in [9.17, 15) is 4.79 Å². The molecule has 0 aliphatic rings. The minimum absolute atomic E-state index is 0.0103. The monoisotopic (exact) mass is 402 g/mol. The van der Waals surface area contributed by atoms with Gasteiger partial charge in [-0.3, -0.25) is 0 Å². The first-order chi connectivity index (χ1) is 13.4. The zero-order valence-corrected chi connectivity index (χ0v) is 17.6. The van der Waals surface area contributed by atoms with Gasteiger partial charge in [0.1, 0.15) is 0 Å². The zero-order chi connectivity index (χ0) is 20.7. The number of ether oxygens (including phenoxy) is 3. The van der Waals surface area contributed by atoms with Crippen molar-refractivity contribution in [2.45, 2.75) is 26.3 Å². The summed E-state index contributed by atoms with van der Waals surface area (Å²) in [6, 6.07) is 11.1. The summed E-state index contributed by atoms with van der Waals surface area (Å²) < 4.78 is 15.5. The van der Waals surface area contributed by atoms with Crippen LogP contribution >= 0.6 is 12.2 Å². The first kappa shape index (κ1) is 21.5. The number of esters is 1. The Morgan fingerprint density at radius 3 is 2.39 bits per heavy atom. The largest absolute Gasteiger partial charge is 0.493 e. The molecule has 0 spiro atoms. The molecule has 1 unspecified atom stereocenters. The highest BCUT2D eigenvalue weighted by molar-refractivity contribution is 7.80. The van der Waals surface area contributed by atoms with Crippen LogP contribution < -0.4 is 20.1 Å². The first-order valence-electron chi connectivity index (χ1n) is 8.91. The third-order valence-corrected chi connectivity index (χ3v) is 4.65. The van der Waals surface area contributed by atoms with Gasteiger partial charge in [0.2, 0.25) is 0 Å². The van der Waals surface area contributed by atoms with Crippen molar-refractivity contribution >= 4 is 29.0 Å². The van der Waals surface area contributed by atoms with Crippen molar-refractivity contribution in [3.05, 3.63) is 53.1 Å². The number of carbonyl (C=O) groups excluding carboxylic acids is 1. The number of rotatable bonds is 7. The number of methoxy groups -OCH3 is 3. The van der Waals surface area contributed by atoms with Gasteiger partial charge in [-0.05, 0) is 61.0 Å². The van der Waals surface area contributed by atoms with Crippen LogP contribution in [-0.2, 0) is 4.74 Å². The maximum absolute atomic E-state index is 11.8. The van der Waals surface area contributed by atoms with Gasteiger partial charge in [0, 0.05) is 5.69 Å². The smallest absolute Gasteiger partial charge is 0.337 e. The van der Waals surface area contributed by atoms with Gasteiger partial charge in [-0.15, -0.1) is 0 Å². The van der Waals surface area contributed by atoms with Crippen molar-refractivity contribution in [1.29, 1.82) is 0 Å². The molecule has 150 valence electrons. The maximum Gasteiger partial charge on any atom is 0.337 e. The van der Waals surface area contributed by atoms with E-state index in [1.54, 1.807) is 26.4 Å². The fraction of sp³-hybridized carbons (Fsp3) is 0.333. The minimum atomic E-state index is -0.390. The highest BCUT2D eigenvalue weighted by Gasteiger charge is 2.15. The van der Waals surface area contributed by atoms with Crippen LogP contribution in [0.2, 0.25) is 0 Å². The maximum atomic E-state index is 11.8. The molecule has 2 rings (SSSR count). The van der Waals surface area contributed by atoms with E-state index in [1.165, 1.54) is 7.11 Å². The third-order valence-electron chi connectivity index (χ3n) is 4.43. The molecule has 0 fully saturated rings. The normalized spacial score (nSPS) is 11.3. The summed E-state index contributed by atoms with van der Waals surface area (Å²) in [5, 5.41) is 6.95. The highest BCUT2D eigenvalue weighted by atomic mass is 32.1. The van der Waals surface area contributed by atoms with E-state index < -0.39 is 5.97 Å². The van der Waals surface area contributed by atoms with Crippen LogP contribution in [0.5, 0.6) is 11.5 Å². The summed E-state index contributed by atoms with van der Waals surface area (Å²) in [6.07, 6.45) is 0.818. The summed E-state index contributed by atoms with van der Waals surface area (Å²) in [4.78, 5) is 11.8. The average Bonchev–Trinajstić information content (AvgIpc) is 2.72. The number of carbonyl (C=O) groups is 1. The lowest BCUT2D eigenvalue weighted by Gasteiger charge is -2.22. The molecular weight excluding hydrogens is 376 g/mol. The molecule has 0 radical (unpaired) electrons. The third kappa shape index (κ3) is 5.13. The van der Waals surface area contributed by atoms with Gasteiger partial charge in [0.25, 0.3) is 0 Å². The molecule has 0 bridgehead atoms. The topological polar surface area (TPSA) is 68.8 Å².